The lowest BCUT2D eigenvalue weighted by Gasteiger charge is -2.66. The molecule has 0 spiro atoms. The van der Waals surface area contributed by atoms with E-state index in [0.29, 0.717) is 5.56 Å². The molecule has 0 aromatic heterocycles. The van der Waals surface area contributed by atoms with Crippen LogP contribution in [0.3, 0.4) is 0 Å². The number of alkyl carbamates (subject to hydrolysis) is 1. The monoisotopic (exact) mass is 805 g/mol. The summed E-state index contributed by atoms with van der Waals surface area (Å²) in [5, 5.41) is 39.3. The summed E-state index contributed by atoms with van der Waals surface area (Å²) in [7, 11) is 0. The normalized spacial score (nSPS) is 32.4. The number of nitrogens with one attached hydrogen (secondary N) is 1. The summed E-state index contributed by atoms with van der Waals surface area (Å²) < 4.78 is 29.4. The topological polar surface area (TPSA) is 221 Å². The fraction of sp³-hybridized carbons (Fsp3) is 0.535. The fourth-order valence-electron chi connectivity index (χ4n) is 9.34. The fourth-order valence-corrected chi connectivity index (χ4v) is 9.34. The molecule has 15 nitrogen and oxygen atoms in total. The molecule has 4 aliphatic rings. The zero-order chi connectivity index (χ0) is 42.7. The van der Waals surface area contributed by atoms with Gasteiger partial charge in [-0.25, -0.2) is 14.4 Å². The van der Waals surface area contributed by atoms with Crippen molar-refractivity contribution in [2.45, 2.75) is 122 Å². The van der Waals surface area contributed by atoms with Gasteiger partial charge in [-0.2, -0.15) is 0 Å². The molecule has 1 aliphatic heterocycles. The Hall–Kier alpha value is -4.96. The van der Waals surface area contributed by atoms with E-state index in [0.717, 1.165) is 6.92 Å². The van der Waals surface area contributed by atoms with Crippen LogP contribution in [0.5, 0.6) is 0 Å². The van der Waals surface area contributed by atoms with Crippen molar-refractivity contribution in [2.75, 3.05) is 6.61 Å². The SMILES string of the molecule is CC(=O)O[C@@]12CO[C@@H]1C[C@@H](O)[C@@]1(C)C(=O)C(=O)C3=C(C)[C@@H](OC(=O)[C@H](O)[C@@H](NC(=O)OC(C)(C)C)c4ccccc4)C[C@@](O)([C@@H](OC(=O)c4ccccc4)[C@H]21)C3(C)C. The number of carbonyl (C=O) groups excluding carboxylic acids is 6. The van der Waals surface area contributed by atoms with Gasteiger partial charge in [0.25, 0.3) is 0 Å². The van der Waals surface area contributed by atoms with Crippen LogP contribution < -0.4 is 5.32 Å². The molecule has 3 aliphatic carbocycles. The molecule has 15 heteroatoms. The molecule has 4 N–H and O–H groups in total. The Balaban J connectivity index is 1.49. The molecule has 1 heterocycles. The maximum absolute atomic E-state index is 14.8. The van der Waals surface area contributed by atoms with Crippen molar-refractivity contribution in [3.05, 3.63) is 82.9 Å². The van der Waals surface area contributed by atoms with E-state index in [-0.39, 0.29) is 29.7 Å². The first kappa shape index (κ1) is 42.6. The molecule has 0 unspecified atom stereocenters. The van der Waals surface area contributed by atoms with Gasteiger partial charge in [0.15, 0.2) is 11.7 Å². The number of fused-ring (bicyclic) bond motifs is 5. The van der Waals surface area contributed by atoms with Crippen molar-refractivity contribution in [2.24, 2.45) is 16.7 Å². The van der Waals surface area contributed by atoms with Gasteiger partial charge in [0.2, 0.25) is 11.6 Å². The van der Waals surface area contributed by atoms with Crippen LogP contribution in [0.1, 0.15) is 90.2 Å². The van der Waals surface area contributed by atoms with Crippen LogP contribution >= 0.6 is 0 Å². The third-order valence-electron chi connectivity index (χ3n) is 12.4. The number of Topliss-reactive ketones (excluding diaryl/α,β-unsaturated/α-hetero) is 2. The lowest BCUT2D eigenvalue weighted by atomic mass is 9.45. The Labute approximate surface area is 336 Å². The predicted molar refractivity (Wildman–Crippen MR) is 203 cm³/mol. The van der Waals surface area contributed by atoms with E-state index in [1.165, 1.54) is 39.8 Å². The molecule has 0 radical (unpaired) electrons. The Bertz CT molecular complexity index is 2020. The Morgan fingerprint density at radius 3 is 2.10 bits per heavy atom. The summed E-state index contributed by atoms with van der Waals surface area (Å²) in [5.74, 6) is -6.80. The zero-order valence-electron chi connectivity index (χ0n) is 33.8. The second kappa shape index (κ2) is 15.0. The number of benzene rings is 2. The summed E-state index contributed by atoms with van der Waals surface area (Å²) in [5.41, 5.74) is -8.77. The number of amides is 1. The van der Waals surface area contributed by atoms with Gasteiger partial charge in [0, 0.05) is 30.8 Å². The third-order valence-corrected chi connectivity index (χ3v) is 12.4. The van der Waals surface area contributed by atoms with Crippen LogP contribution in [0.2, 0.25) is 0 Å². The molecule has 2 aromatic carbocycles. The number of carbonyl (C=O) groups is 6. The van der Waals surface area contributed by atoms with Crippen molar-refractivity contribution >= 4 is 35.6 Å². The number of ketones is 2. The van der Waals surface area contributed by atoms with Crippen molar-refractivity contribution in [1.29, 1.82) is 0 Å². The van der Waals surface area contributed by atoms with Gasteiger partial charge in [-0.15, -0.1) is 0 Å². The minimum Gasteiger partial charge on any atom is -0.456 e. The second-order valence-electron chi connectivity index (χ2n) is 17.4. The predicted octanol–water partition coefficient (Wildman–Crippen LogP) is 3.47. The van der Waals surface area contributed by atoms with Crippen LogP contribution in [0, 0.1) is 16.7 Å². The van der Waals surface area contributed by atoms with Crippen LogP contribution in [0.4, 0.5) is 4.79 Å². The maximum Gasteiger partial charge on any atom is 0.408 e. The van der Waals surface area contributed by atoms with Crippen molar-refractivity contribution in [3.8, 4) is 0 Å². The van der Waals surface area contributed by atoms with E-state index < -0.39 is 112 Å². The summed E-state index contributed by atoms with van der Waals surface area (Å²) >= 11 is 0. The van der Waals surface area contributed by atoms with Crippen LogP contribution in [-0.4, -0.2) is 105 Å². The molecular formula is C43H51NO14. The van der Waals surface area contributed by atoms with E-state index in [4.69, 9.17) is 23.7 Å². The minimum atomic E-state index is -2.41. The number of hydrogen-bond acceptors (Lipinski definition) is 14. The van der Waals surface area contributed by atoms with Crippen LogP contribution in [-0.2, 0) is 42.9 Å². The number of esters is 3. The first-order valence-corrected chi connectivity index (χ1v) is 19.2. The number of rotatable bonds is 8. The summed E-state index contributed by atoms with van der Waals surface area (Å²) in [4.78, 5) is 83.5. The summed E-state index contributed by atoms with van der Waals surface area (Å²) in [6, 6.07) is 14.5. The van der Waals surface area contributed by atoms with E-state index in [2.05, 4.69) is 5.32 Å². The molecule has 6 rings (SSSR count). The molecular weight excluding hydrogens is 754 g/mol. The zero-order valence-corrected chi connectivity index (χ0v) is 33.8. The van der Waals surface area contributed by atoms with E-state index in [9.17, 15) is 44.1 Å². The highest BCUT2D eigenvalue weighted by atomic mass is 16.6. The standard InChI is InChI=1S/C43H51NO14/c1-22-26(55-37(51)32(48)30(24-15-11-9-12-16-24)44-38(52)58-39(3,4)5)20-43(53)35(56-36(50)25-17-13-10-14-18-25)33-41(8,34(49)31(47)29(22)40(43,6)7)27(46)19-28-42(33,21-54-28)57-23(2)45/h9-18,26-28,30,32-33,35,46,48,53H,19-21H2,1-8H3,(H,44,52)/t26-,27+,28+,30-,32+,33-,35-,41+,42-,43+/m0/s1. The van der Waals surface area contributed by atoms with E-state index in [1.807, 2.05) is 0 Å². The van der Waals surface area contributed by atoms with Crippen molar-refractivity contribution < 1.29 is 67.8 Å². The van der Waals surface area contributed by atoms with E-state index >= 15 is 0 Å². The molecule has 2 bridgehead atoms. The molecule has 1 amide bonds. The Morgan fingerprint density at radius 1 is 0.948 bits per heavy atom. The number of aliphatic hydroxyl groups is 3. The first-order chi connectivity index (χ1) is 27.0. The Morgan fingerprint density at radius 2 is 1.55 bits per heavy atom. The van der Waals surface area contributed by atoms with Gasteiger partial charge in [-0.1, -0.05) is 62.4 Å². The van der Waals surface area contributed by atoms with Crippen molar-refractivity contribution in [3.63, 3.8) is 0 Å². The molecule has 10 atom stereocenters. The van der Waals surface area contributed by atoms with Gasteiger partial charge in [0.1, 0.15) is 29.5 Å². The number of ether oxygens (including phenoxy) is 5. The minimum absolute atomic E-state index is 0.0602. The van der Waals surface area contributed by atoms with Crippen LogP contribution in [0.15, 0.2) is 71.8 Å². The Kier molecular flexibility index (Phi) is 11.0. The largest absolute Gasteiger partial charge is 0.456 e. The smallest absolute Gasteiger partial charge is 0.408 e. The van der Waals surface area contributed by atoms with Crippen molar-refractivity contribution in [1.82, 2.24) is 5.32 Å². The third kappa shape index (κ3) is 7.01. The summed E-state index contributed by atoms with van der Waals surface area (Å²) in [6.07, 6.45) is -9.78. The average Bonchev–Trinajstić information content (AvgIpc) is 3.14. The number of aliphatic hydroxyl groups excluding tert-OH is 2. The van der Waals surface area contributed by atoms with Gasteiger partial charge < -0.3 is 44.3 Å². The highest BCUT2D eigenvalue weighted by molar-refractivity contribution is 6.46. The highest BCUT2D eigenvalue weighted by Crippen LogP contribution is 2.63. The average molecular weight is 806 g/mol. The first-order valence-electron chi connectivity index (χ1n) is 19.2. The molecule has 2 saturated carbocycles. The quantitative estimate of drug-likeness (QED) is 0.171. The maximum atomic E-state index is 14.8. The molecule has 2 aromatic rings. The second-order valence-corrected chi connectivity index (χ2v) is 17.4. The highest BCUT2D eigenvalue weighted by Gasteiger charge is 2.78. The van der Waals surface area contributed by atoms with Crippen LogP contribution in [0.25, 0.3) is 0 Å². The molecule has 1 saturated heterocycles. The lowest BCUT2D eigenvalue weighted by Crippen LogP contribution is -2.81. The number of hydrogen-bond donors (Lipinski definition) is 4. The molecule has 3 fully saturated rings. The molecule has 58 heavy (non-hydrogen) atoms. The van der Waals surface area contributed by atoms with E-state index in [1.54, 1.807) is 69.3 Å². The van der Waals surface area contributed by atoms with Gasteiger partial charge in [0.05, 0.1) is 35.6 Å². The molecule has 312 valence electrons. The lowest BCUT2D eigenvalue weighted by molar-refractivity contribution is -0.343. The summed E-state index contributed by atoms with van der Waals surface area (Å²) in [6.45, 7) is 11.5. The van der Waals surface area contributed by atoms with Gasteiger partial charge in [-0.05, 0) is 57.9 Å². The van der Waals surface area contributed by atoms with Gasteiger partial charge in [-0.3, -0.25) is 14.4 Å². The van der Waals surface area contributed by atoms with Gasteiger partial charge >= 0.3 is 24.0 Å².